The van der Waals surface area contributed by atoms with E-state index < -0.39 is 35.4 Å². The van der Waals surface area contributed by atoms with Crippen LogP contribution in [0.1, 0.15) is 76.7 Å². The van der Waals surface area contributed by atoms with Gasteiger partial charge in [-0.05, 0) is 67.5 Å². The second kappa shape index (κ2) is 13.3. The van der Waals surface area contributed by atoms with Crippen LogP contribution in [-0.2, 0) is 30.3 Å². The molecule has 43 heavy (non-hydrogen) atoms. The maximum absolute atomic E-state index is 14.1. The van der Waals surface area contributed by atoms with Crippen LogP contribution in [0.2, 0.25) is 0 Å². The number of hydrogen-bond donors (Lipinski definition) is 1. The van der Waals surface area contributed by atoms with E-state index in [9.17, 15) is 24.3 Å². The molecule has 2 fully saturated rings. The lowest BCUT2D eigenvalue weighted by atomic mass is 9.91. The van der Waals surface area contributed by atoms with Crippen LogP contribution < -0.4 is 4.74 Å². The van der Waals surface area contributed by atoms with Gasteiger partial charge < -0.3 is 19.5 Å². The molecule has 3 aliphatic rings. The summed E-state index contributed by atoms with van der Waals surface area (Å²) in [7, 11) is 0. The SMILES string of the molecule is C=CC1C[C@]1(CC(=O)[C@@H]1C[C@@H]2CN1C(=O)[C@H](CCCC)CC(=O)OCCCCCc1ccc3ccnc(c3c1)O2)C(=O)O. The van der Waals surface area contributed by atoms with E-state index in [1.54, 1.807) is 12.3 Å². The summed E-state index contributed by atoms with van der Waals surface area (Å²) in [6.07, 6.45) is 8.67. The third-order valence-electron chi connectivity index (χ3n) is 9.36. The number of rotatable bonds is 8. The van der Waals surface area contributed by atoms with Crippen LogP contribution in [0.15, 0.2) is 43.1 Å². The highest BCUT2D eigenvalue weighted by atomic mass is 16.5. The number of carbonyl (C=O) groups excluding carboxylic acids is 3. The van der Waals surface area contributed by atoms with Gasteiger partial charge in [-0.3, -0.25) is 19.2 Å². The highest BCUT2D eigenvalue weighted by Crippen LogP contribution is 2.56. The Morgan fingerprint density at radius 1 is 1.21 bits per heavy atom. The predicted molar refractivity (Wildman–Crippen MR) is 160 cm³/mol. The molecule has 0 radical (unpaired) electrons. The number of fused-ring (bicyclic) bond motifs is 3. The van der Waals surface area contributed by atoms with Crippen molar-refractivity contribution in [1.29, 1.82) is 0 Å². The number of benzene rings is 1. The number of hydrogen-bond acceptors (Lipinski definition) is 7. The third kappa shape index (κ3) is 6.76. The molecule has 4 bridgehead atoms. The van der Waals surface area contributed by atoms with Gasteiger partial charge in [0, 0.05) is 30.3 Å². The second-order valence-electron chi connectivity index (χ2n) is 12.4. The van der Waals surface area contributed by atoms with Gasteiger partial charge in [-0.25, -0.2) is 4.98 Å². The Hall–Kier alpha value is -3.75. The summed E-state index contributed by atoms with van der Waals surface area (Å²) in [6.45, 7) is 6.22. The van der Waals surface area contributed by atoms with Gasteiger partial charge >= 0.3 is 11.9 Å². The van der Waals surface area contributed by atoms with Gasteiger partial charge in [-0.15, -0.1) is 6.58 Å². The van der Waals surface area contributed by atoms with E-state index in [2.05, 4.69) is 23.7 Å². The minimum atomic E-state index is -1.18. The monoisotopic (exact) mass is 590 g/mol. The van der Waals surface area contributed by atoms with E-state index >= 15 is 0 Å². The topological polar surface area (TPSA) is 123 Å². The van der Waals surface area contributed by atoms with Crippen molar-refractivity contribution in [3.8, 4) is 5.88 Å². The van der Waals surface area contributed by atoms with Crippen LogP contribution >= 0.6 is 0 Å². The molecule has 9 heteroatoms. The molecule has 230 valence electrons. The standard InChI is InChI=1S/C34H42N2O7/c1-3-5-10-24-17-30(38)42-15-8-6-7-9-22-11-12-23-13-14-35-31(27(23)16-22)43-26-18-28(36(21-26)32(24)39)29(37)20-34(33(40)41)19-25(34)4-2/h4,11-14,16,24-26,28H,2-3,5-10,15,17-21H2,1H3,(H,40,41)/t24-,25?,26-,28+,34-/m1/s1. The number of esters is 1. The Labute approximate surface area is 252 Å². The van der Waals surface area contributed by atoms with E-state index in [0.717, 1.165) is 54.9 Å². The second-order valence-corrected chi connectivity index (χ2v) is 12.4. The summed E-state index contributed by atoms with van der Waals surface area (Å²) in [5.74, 6) is -2.49. The quantitative estimate of drug-likeness (QED) is 0.325. The number of aryl methyl sites for hydroxylation is 1. The average molecular weight is 591 g/mol. The summed E-state index contributed by atoms with van der Waals surface area (Å²) >= 11 is 0. The number of nitrogens with zero attached hydrogens (tertiary/aromatic N) is 2. The molecule has 1 N–H and O–H groups in total. The van der Waals surface area contributed by atoms with Gasteiger partial charge in [0.2, 0.25) is 11.8 Å². The summed E-state index contributed by atoms with van der Waals surface area (Å²) in [4.78, 5) is 59.0. The number of aliphatic carboxylic acids is 1. The fourth-order valence-electron chi connectivity index (χ4n) is 6.68. The first-order chi connectivity index (χ1) is 20.8. The van der Waals surface area contributed by atoms with Crippen molar-refractivity contribution in [1.82, 2.24) is 9.88 Å². The van der Waals surface area contributed by atoms with Crippen molar-refractivity contribution < 1.29 is 33.8 Å². The zero-order valence-corrected chi connectivity index (χ0v) is 25.0. The number of aromatic nitrogens is 1. The predicted octanol–water partition coefficient (Wildman–Crippen LogP) is 5.29. The summed E-state index contributed by atoms with van der Waals surface area (Å²) in [5.41, 5.74) is -0.0312. The lowest BCUT2D eigenvalue weighted by Crippen LogP contribution is -2.45. The summed E-state index contributed by atoms with van der Waals surface area (Å²) in [6, 6.07) is 7.30. The number of Topliss-reactive ketones (excluding diaryl/α,β-unsaturated/α-hetero) is 1. The highest BCUT2D eigenvalue weighted by Gasteiger charge is 2.61. The van der Waals surface area contributed by atoms with Crippen molar-refractivity contribution in [2.24, 2.45) is 17.3 Å². The molecule has 1 aliphatic carbocycles. The number of pyridine rings is 1. The molecule has 5 atom stereocenters. The van der Waals surface area contributed by atoms with Crippen molar-refractivity contribution in [2.45, 2.75) is 89.7 Å². The van der Waals surface area contributed by atoms with Gasteiger partial charge in [0.25, 0.3) is 0 Å². The van der Waals surface area contributed by atoms with E-state index in [-0.39, 0.29) is 43.4 Å². The highest BCUT2D eigenvalue weighted by molar-refractivity contribution is 5.95. The van der Waals surface area contributed by atoms with Gasteiger partial charge in [-0.1, -0.05) is 38.0 Å². The molecule has 1 aromatic carbocycles. The van der Waals surface area contributed by atoms with E-state index in [1.807, 2.05) is 19.1 Å². The van der Waals surface area contributed by atoms with Crippen LogP contribution in [0, 0.1) is 17.3 Å². The molecule has 9 nitrogen and oxygen atoms in total. The molecule has 2 aromatic rings. The van der Waals surface area contributed by atoms with E-state index in [1.165, 1.54) is 4.90 Å². The first-order valence-corrected chi connectivity index (χ1v) is 15.6. The molecular formula is C34H42N2O7. The molecule has 0 spiro atoms. The average Bonchev–Trinajstić information content (AvgIpc) is 3.56. The number of allylic oxidation sites excluding steroid dienone is 1. The molecule has 1 aromatic heterocycles. The third-order valence-corrected chi connectivity index (χ3v) is 9.36. The van der Waals surface area contributed by atoms with Gasteiger partial charge in [0.05, 0.1) is 31.0 Å². The number of amides is 1. The summed E-state index contributed by atoms with van der Waals surface area (Å²) < 4.78 is 12.0. The normalized spacial score (nSPS) is 28.1. The van der Waals surface area contributed by atoms with E-state index in [4.69, 9.17) is 9.47 Å². The number of carbonyl (C=O) groups is 4. The first kappa shape index (κ1) is 30.7. The number of carboxylic acid groups (broad SMARTS) is 1. The van der Waals surface area contributed by atoms with E-state index in [0.29, 0.717) is 25.3 Å². The van der Waals surface area contributed by atoms with Crippen LogP contribution in [-0.4, -0.2) is 63.9 Å². The maximum Gasteiger partial charge on any atom is 0.310 e. The Balaban J connectivity index is 1.47. The Kier molecular flexibility index (Phi) is 9.47. The summed E-state index contributed by atoms with van der Waals surface area (Å²) in [5, 5.41) is 11.8. The minimum Gasteiger partial charge on any atom is -0.481 e. The molecule has 1 unspecified atom stereocenters. The molecule has 1 saturated carbocycles. The van der Waals surface area contributed by atoms with Crippen molar-refractivity contribution >= 4 is 34.4 Å². The largest absolute Gasteiger partial charge is 0.481 e. The van der Waals surface area contributed by atoms with Crippen LogP contribution in [0.25, 0.3) is 10.8 Å². The smallest absolute Gasteiger partial charge is 0.310 e. The number of carboxylic acids is 1. The first-order valence-electron chi connectivity index (χ1n) is 15.6. The number of ether oxygens (including phenoxy) is 2. The van der Waals surface area contributed by atoms with Crippen LogP contribution in [0.4, 0.5) is 0 Å². The Morgan fingerprint density at radius 2 is 2.05 bits per heavy atom. The molecule has 3 heterocycles. The molecule has 2 aliphatic heterocycles. The van der Waals surface area contributed by atoms with Crippen molar-refractivity contribution in [3.63, 3.8) is 0 Å². The minimum absolute atomic E-state index is 0.0508. The van der Waals surface area contributed by atoms with Gasteiger partial charge in [-0.2, -0.15) is 0 Å². The molecular weight excluding hydrogens is 548 g/mol. The van der Waals surface area contributed by atoms with Crippen LogP contribution in [0.3, 0.4) is 0 Å². The fourth-order valence-corrected chi connectivity index (χ4v) is 6.68. The Morgan fingerprint density at radius 3 is 2.79 bits per heavy atom. The van der Waals surface area contributed by atoms with Gasteiger partial charge in [0.15, 0.2) is 5.78 Å². The zero-order valence-electron chi connectivity index (χ0n) is 25.0. The molecule has 5 rings (SSSR count). The molecule has 1 saturated heterocycles. The lowest BCUT2D eigenvalue weighted by Gasteiger charge is -2.28. The number of cyclic esters (lactones) is 1. The Bertz CT molecular complexity index is 1390. The lowest BCUT2D eigenvalue weighted by molar-refractivity contribution is -0.151. The fraction of sp³-hybridized carbons (Fsp3) is 0.559. The van der Waals surface area contributed by atoms with Crippen molar-refractivity contribution in [3.05, 3.63) is 48.7 Å². The van der Waals surface area contributed by atoms with Crippen molar-refractivity contribution in [2.75, 3.05) is 13.2 Å². The molecule has 1 amide bonds. The number of unbranched alkanes of at least 4 members (excludes halogenated alkanes) is 1. The van der Waals surface area contributed by atoms with Gasteiger partial charge in [0.1, 0.15) is 6.10 Å². The zero-order chi connectivity index (χ0) is 30.6. The van der Waals surface area contributed by atoms with Crippen LogP contribution in [0.5, 0.6) is 5.88 Å². The maximum atomic E-state index is 14.1. The number of ketones is 1.